The molecule has 23 heavy (non-hydrogen) atoms. The molecule has 0 aliphatic carbocycles. The van der Waals surface area contributed by atoms with E-state index in [1.807, 2.05) is 5.92 Å². The Kier molecular flexibility index (Phi) is 3.56. The van der Waals surface area contributed by atoms with Crippen LogP contribution in [-0.4, -0.2) is 20.1 Å². The van der Waals surface area contributed by atoms with Crippen molar-refractivity contribution in [1.29, 1.82) is 0 Å². The molecule has 0 unspecified atom stereocenters. The Morgan fingerprint density at radius 1 is 1.35 bits per heavy atom. The van der Waals surface area contributed by atoms with Gasteiger partial charge in [0, 0.05) is 23.9 Å². The lowest BCUT2D eigenvalue weighted by atomic mass is 10.1. The van der Waals surface area contributed by atoms with Crippen LogP contribution in [0.4, 0.5) is 5.69 Å². The van der Waals surface area contributed by atoms with Gasteiger partial charge in [0.05, 0.1) is 9.95 Å². The van der Waals surface area contributed by atoms with Gasteiger partial charge in [0.2, 0.25) is 0 Å². The first-order valence-electron chi connectivity index (χ1n) is 6.45. The van der Waals surface area contributed by atoms with Crippen LogP contribution in [0.25, 0.3) is 16.9 Å². The average Bonchev–Trinajstić information content (AvgIpc) is 2.95. The van der Waals surface area contributed by atoms with E-state index in [0.29, 0.717) is 16.2 Å². The molecule has 1 aromatic carbocycles. The van der Waals surface area contributed by atoms with E-state index in [-0.39, 0.29) is 17.1 Å². The number of nitrogens with zero attached hydrogens (tertiary/aromatic N) is 3. The van der Waals surface area contributed by atoms with E-state index in [1.165, 1.54) is 22.6 Å². The Morgan fingerprint density at radius 2 is 2.13 bits per heavy atom. The van der Waals surface area contributed by atoms with E-state index in [2.05, 4.69) is 4.98 Å². The molecule has 0 saturated heterocycles. The number of Topliss-reactive ketones (excluding diaryl/α,β-unsaturated/α-hetero) is 1. The van der Waals surface area contributed by atoms with Gasteiger partial charge in [-0.05, 0) is 18.1 Å². The second kappa shape index (κ2) is 5.55. The predicted molar refractivity (Wildman–Crippen MR) is 85.5 cm³/mol. The average molecular weight is 326 g/mol. The molecule has 112 valence electrons. The summed E-state index contributed by atoms with van der Waals surface area (Å²) in [5.41, 5.74) is 1.06. The lowest BCUT2D eigenvalue weighted by Crippen LogP contribution is -2.02. The molecular formula is C16H8ClN3O3. The fraction of sp³-hybridized carbons (Fsp3) is 0. The van der Waals surface area contributed by atoms with Gasteiger partial charge in [0.1, 0.15) is 11.4 Å². The predicted octanol–water partition coefficient (Wildman–Crippen LogP) is 3.38. The van der Waals surface area contributed by atoms with Crippen molar-refractivity contribution >= 4 is 28.7 Å². The quantitative estimate of drug-likeness (QED) is 0.243. The van der Waals surface area contributed by atoms with Crippen LogP contribution in [0.2, 0.25) is 5.02 Å². The van der Waals surface area contributed by atoms with Crippen LogP contribution in [0.15, 0.2) is 42.6 Å². The molecule has 0 aliphatic heterocycles. The maximum absolute atomic E-state index is 12.1. The lowest BCUT2D eigenvalue weighted by molar-refractivity contribution is -0.384. The number of terminal acetylenes is 1. The zero-order valence-corrected chi connectivity index (χ0v) is 12.3. The highest BCUT2D eigenvalue weighted by Crippen LogP contribution is 2.29. The van der Waals surface area contributed by atoms with Crippen molar-refractivity contribution in [2.24, 2.45) is 0 Å². The van der Waals surface area contributed by atoms with Gasteiger partial charge in [0.15, 0.2) is 5.65 Å². The maximum Gasteiger partial charge on any atom is 0.270 e. The van der Waals surface area contributed by atoms with Crippen molar-refractivity contribution in [3.63, 3.8) is 0 Å². The highest BCUT2D eigenvalue weighted by atomic mass is 35.5. The number of pyridine rings is 1. The number of imidazole rings is 1. The number of hydrogen-bond acceptors (Lipinski definition) is 4. The summed E-state index contributed by atoms with van der Waals surface area (Å²) in [5.74, 6) is 1.47. The Hall–Kier alpha value is -3.17. The van der Waals surface area contributed by atoms with Gasteiger partial charge in [0.25, 0.3) is 11.5 Å². The van der Waals surface area contributed by atoms with Crippen molar-refractivity contribution in [1.82, 2.24) is 9.38 Å². The second-order valence-corrected chi connectivity index (χ2v) is 5.05. The normalized spacial score (nSPS) is 10.4. The molecule has 3 aromatic rings. The molecule has 3 rings (SSSR count). The number of carbonyl (C=O) groups is 1. The number of benzene rings is 1. The Labute approximate surface area is 135 Å². The van der Waals surface area contributed by atoms with Crippen LogP contribution in [0.1, 0.15) is 10.5 Å². The topological polar surface area (TPSA) is 77.5 Å². The standard InChI is InChI=1S/C16H8ClN3O3/c1-2-13(21)15-14(10-5-3-6-11(9-10)20(22)23)18-16-12(17)7-4-8-19(15)16/h1,3-9H. The number of hydrogen-bond donors (Lipinski definition) is 0. The molecular weight excluding hydrogens is 318 g/mol. The van der Waals surface area contributed by atoms with Crippen molar-refractivity contribution in [2.45, 2.75) is 0 Å². The molecule has 2 heterocycles. The fourth-order valence-electron chi connectivity index (χ4n) is 2.29. The largest absolute Gasteiger partial charge is 0.294 e. The number of aromatic nitrogens is 2. The van der Waals surface area contributed by atoms with Crippen LogP contribution >= 0.6 is 11.6 Å². The molecule has 0 aliphatic rings. The summed E-state index contributed by atoms with van der Waals surface area (Å²) < 4.78 is 1.48. The molecule has 0 amide bonds. The van der Waals surface area contributed by atoms with Crippen LogP contribution in [-0.2, 0) is 0 Å². The van der Waals surface area contributed by atoms with Gasteiger partial charge in [-0.1, -0.05) is 23.7 Å². The highest BCUT2D eigenvalue weighted by molar-refractivity contribution is 6.33. The first kappa shape index (κ1) is 14.8. The van der Waals surface area contributed by atoms with E-state index in [1.54, 1.807) is 24.4 Å². The summed E-state index contributed by atoms with van der Waals surface area (Å²) in [6.07, 6.45) is 6.85. The molecule has 7 heteroatoms. The number of nitro groups is 1. The van der Waals surface area contributed by atoms with Crippen LogP contribution in [0.3, 0.4) is 0 Å². The molecule has 0 bridgehead atoms. The van der Waals surface area contributed by atoms with Crippen LogP contribution < -0.4 is 0 Å². The molecule has 0 atom stereocenters. The molecule has 0 saturated carbocycles. The SMILES string of the molecule is C#CC(=O)c1c(-c2cccc([N+](=O)[O-])c2)nc2c(Cl)cccn12. The third-order valence-electron chi connectivity index (χ3n) is 3.28. The summed E-state index contributed by atoms with van der Waals surface area (Å²) >= 11 is 6.10. The summed E-state index contributed by atoms with van der Waals surface area (Å²) in [7, 11) is 0. The van der Waals surface area contributed by atoms with Gasteiger partial charge >= 0.3 is 0 Å². The third-order valence-corrected chi connectivity index (χ3v) is 3.57. The number of nitro benzene ring substituents is 1. The molecule has 0 spiro atoms. The zero-order chi connectivity index (χ0) is 16.6. The van der Waals surface area contributed by atoms with Gasteiger partial charge in [-0.3, -0.25) is 19.3 Å². The van der Waals surface area contributed by atoms with E-state index < -0.39 is 10.7 Å². The summed E-state index contributed by atoms with van der Waals surface area (Å²) in [5, 5.41) is 11.3. The maximum atomic E-state index is 12.1. The number of ketones is 1. The molecule has 0 N–H and O–H groups in total. The van der Waals surface area contributed by atoms with Crippen molar-refractivity contribution in [2.75, 3.05) is 0 Å². The summed E-state index contributed by atoms with van der Waals surface area (Å²) in [6.45, 7) is 0. The number of rotatable bonds is 3. The molecule has 0 fully saturated rings. The van der Waals surface area contributed by atoms with Crippen molar-refractivity contribution < 1.29 is 9.72 Å². The van der Waals surface area contributed by atoms with E-state index in [0.717, 1.165) is 0 Å². The molecule has 0 radical (unpaired) electrons. The Balaban J connectivity index is 2.35. The first-order valence-corrected chi connectivity index (χ1v) is 6.83. The monoisotopic (exact) mass is 325 g/mol. The van der Waals surface area contributed by atoms with E-state index in [9.17, 15) is 14.9 Å². The smallest absolute Gasteiger partial charge is 0.270 e. The van der Waals surface area contributed by atoms with Gasteiger partial charge in [-0.2, -0.15) is 0 Å². The zero-order valence-electron chi connectivity index (χ0n) is 11.6. The summed E-state index contributed by atoms with van der Waals surface area (Å²) in [4.78, 5) is 26.9. The number of fused-ring (bicyclic) bond motifs is 1. The van der Waals surface area contributed by atoms with Crippen LogP contribution in [0, 0.1) is 22.5 Å². The fourth-order valence-corrected chi connectivity index (χ4v) is 2.49. The van der Waals surface area contributed by atoms with Gasteiger partial charge in [-0.25, -0.2) is 4.98 Å². The number of halogens is 1. The van der Waals surface area contributed by atoms with Gasteiger partial charge < -0.3 is 0 Å². The number of non-ortho nitro benzene ring substituents is 1. The van der Waals surface area contributed by atoms with Gasteiger partial charge in [-0.15, -0.1) is 6.42 Å². The van der Waals surface area contributed by atoms with Crippen molar-refractivity contribution in [3.05, 3.63) is 63.4 Å². The molecule has 6 nitrogen and oxygen atoms in total. The van der Waals surface area contributed by atoms with E-state index in [4.69, 9.17) is 18.0 Å². The third kappa shape index (κ3) is 2.43. The minimum absolute atomic E-state index is 0.107. The highest BCUT2D eigenvalue weighted by Gasteiger charge is 2.21. The second-order valence-electron chi connectivity index (χ2n) is 4.64. The lowest BCUT2D eigenvalue weighted by Gasteiger charge is -2.01. The minimum Gasteiger partial charge on any atom is -0.294 e. The van der Waals surface area contributed by atoms with Crippen LogP contribution in [0.5, 0.6) is 0 Å². The first-order chi connectivity index (χ1) is 11.0. The minimum atomic E-state index is -0.582. The summed E-state index contributed by atoms with van der Waals surface area (Å²) in [6, 6.07) is 9.11. The Morgan fingerprint density at radius 3 is 2.83 bits per heavy atom. The number of carbonyl (C=O) groups excluding carboxylic acids is 1. The van der Waals surface area contributed by atoms with Crippen molar-refractivity contribution in [3.8, 4) is 23.6 Å². The van der Waals surface area contributed by atoms with E-state index >= 15 is 0 Å². The molecule has 2 aromatic heterocycles. The Bertz CT molecular complexity index is 1000.